The van der Waals surface area contributed by atoms with E-state index in [-0.39, 0.29) is 0 Å². The van der Waals surface area contributed by atoms with Crippen molar-refractivity contribution in [1.29, 1.82) is 0 Å². The number of aromatic hydroxyl groups is 2. The standard InChI is InChI=1S/C18H21N3O/c1-20-9-11-21(12-10-20)16-7-4-5-14-13-19-15-6-2-3-8-17(15)22-18(14)16/h2-8,19H,9-13H2,1H3/p+1. The molecule has 0 amide bonds. The molecule has 2 aliphatic heterocycles. The Balaban J connectivity index is 1.71. The molecule has 2 heterocycles. The zero-order chi connectivity index (χ0) is 14.9. The van der Waals surface area contributed by atoms with Crippen LogP contribution in [0.5, 0.6) is 11.5 Å². The number of rotatable bonds is 1. The smallest absolute Gasteiger partial charge is 0.289 e. The van der Waals surface area contributed by atoms with Gasteiger partial charge in [0, 0.05) is 38.8 Å². The van der Waals surface area contributed by atoms with Crippen molar-refractivity contribution in [2.75, 3.05) is 43.4 Å². The van der Waals surface area contributed by atoms with Crippen LogP contribution >= 0.6 is 0 Å². The number of anilines is 2. The van der Waals surface area contributed by atoms with Crippen LogP contribution in [0, 0.1) is 0 Å². The van der Waals surface area contributed by atoms with Gasteiger partial charge in [-0.3, -0.25) is 0 Å². The van der Waals surface area contributed by atoms with Gasteiger partial charge in [-0.1, -0.05) is 18.2 Å². The van der Waals surface area contributed by atoms with Crippen molar-refractivity contribution >= 4 is 11.4 Å². The maximum atomic E-state index is 4.98. The maximum absolute atomic E-state index is 4.98. The lowest BCUT2D eigenvalue weighted by Gasteiger charge is -2.34. The lowest BCUT2D eigenvalue weighted by Crippen LogP contribution is -2.44. The maximum Gasteiger partial charge on any atom is 0.289 e. The summed E-state index contributed by atoms with van der Waals surface area (Å²) in [7, 11) is 2.19. The van der Waals surface area contributed by atoms with E-state index in [0.29, 0.717) is 0 Å². The van der Waals surface area contributed by atoms with E-state index in [9.17, 15) is 0 Å². The fourth-order valence-electron chi connectivity index (χ4n) is 3.18. The van der Waals surface area contributed by atoms with Crippen molar-refractivity contribution < 1.29 is 4.74 Å². The third kappa shape index (κ3) is 2.40. The van der Waals surface area contributed by atoms with Crippen LogP contribution in [0.3, 0.4) is 0 Å². The number of benzene rings is 2. The molecule has 0 bridgehead atoms. The average molecular weight is 296 g/mol. The van der Waals surface area contributed by atoms with Gasteiger partial charge in [-0.2, -0.15) is 0 Å². The van der Waals surface area contributed by atoms with Crippen LogP contribution < -0.4 is 10.2 Å². The highest BCUT2D eigenvalue weighted by Crippen LogP contribution is 2.42. The number of fused-ring (bicyclic) bond motifs is 2. The van der Waals surface area contributed by atoms with Crippen molar-refractivity contribution in [3.8, 4) is 11.5 Å². The molecule has 0 saturated carbocycles. The van der Waals surface area contributed by atoms with E-state index in [1.54, 1.807) is 0 Å². The lowest BCUT2D eigenvalue weighted by atomic mass is 10.1. The number of ether oxygens (including phenoxy) is 1. The van der Waals surface area contributed by atoms with Crippen LogP contribution in [0.4, 0.5) is 11.4 Å². The normalized spacial score (nSPS) is 17.8. The Hall–Kier alpha value is -2.20. The molecule has 0 aliphatic carbocycles. The van der Waals surface area contributed by atoms with Gasteiger partial charge in [0.1, 0.15) is 11.4 Å². The molecule has 0 unspecified atom stereocenters. The molecule has 0 aromatic heterocycles. The number of hydrogen-bond acceptors (Lipinski definition) is 3. The molecule has 0 atom stereocenters. The minimum atomic E-state index is 0.831. The van der Waals surface area contributed by atoms with Gasteiger partial charge >= 0.3 is 0 Å². The second-order valence-electron chi connectivity index (χ2n) is 6.06. The van der Waals surface area contributed by atoms with Gasteiger partial charge in [-0.15, -0.1) is 0 Å². The zero-order valence-electron chi connectivity index (χ0n) is 12.9. The minimum Gasteiger partial charge on any atom is -0.543 e. The van der Waals surface area contributed by atoms with E-state index < -0.39 is 0 Å². The third-order valence-electron chi connectivity index (χ3n) is 4.55. The van der Waals surface area contributed by atoms with Crippen molar-refractivity contribution in [1.82, 2.24) is 4.90 Å². The molecule has 22 heavy (non-hydrogen) atoms. The molecule has 4 rings (SSSR count). The molecule has 2 aromatic rings. The van der Waals surface area contributed by atoms with Gasteiger partial charge in [-0.05, 0) is 25.2 Å². The summed E-state index contributed by atoms with van der Waals surface area (Å²) >= 11 is 0. The molecule has 0 radical (unpaired) electrons. The summed E-state index contributed by atoms with van der Waals surface area (Å²) in [5.41, 5.74) is 3.65. The minimum absolute atomic E-state index is 0.831. The zero-order valence-corrected chi connectivity index (χ0v) is 12.9. The Kier molecular flexibility index (Phi) is 3.39. The fraction of sp³-hybridized carbons (Fsp3) is 0.333. The number of para-hydroxylation sites is 3. The van der Waals surface area contributed by atoms with Gasteiger partial charge < -0.3 is 19.9 Å². The number of likely N-dealkylation sites (N-methyl/N-ethyl adjacent to an activating group) is 1. The van der Waals surface area contributed by atoms with E-state index in [1.807, 2.05) is 6.07 Å². The largest absolute Gasteiger partial charge is 0.543 e. The third-order valence-corrected chi connectivity index (χ3v) is 4.55. The second-order valence-corrected chi connectivity index (χ2v) is 6.06. The summed E-state index contributed by atoms with van der Waals surface area (Å²) in [6, 6.07) is 14.8. The lowest BCUT2D eigenvalue weighted by molar-refractivity contribution is 0.200. The number of nitrogens with zero attached hydrogens (tertiary/aromatic N) is 2. The van der Waals surface area contributed by atoms with Crippen molar-refractivity contribution in [3.05, 3.63) is 48.0 Å². The summed E-state index contributed by atoms with van der Waals surface area (Å²) in [4.78, 5) is 4.85. The van der Waals surface area contributed by atoms with Gasteiger partial charge in [0.25, 0.3) is 11.5 Å². The Bertz CT molecular complexity index is 678. The highest BCUT2D eigenvalue weighted by molar-refractivity contribution is 5.67. The number of hydrogen-bond donors (Lipinski definition) is 1. The molecule has 0 spiro atoms. The molecule has 4 heteroatoms. The average Bonchev–Trinajstić information content (AvgIpc) is 2.75. The first-order valence-corrected chi connectivity index (χ1v) is 7.91. The van der Waals surface area contributed by atoms with Crippen LogP contribution in [0.15, 0.2) is 42.5 Å². The Morgan fingerprint density at radius 1 is 0.955 bits per heavy atom. The Morgan fingerprint density at radius 2 is 1.77 bits per heavy atom. The number of nitrogens with one attached hydrogen (secondary N) is 1. The van der Waals surface area contributed by atoms with Gasteiger partial charge in [0.2, 0.25) is 0 Å². The molecule has 1 saturated heterocycles. The molecule has 4 nitrogen and oxygen atoms in total. The quantitative estimate of drug-likeness (QED) is 0.648. The molecular weight excluding hydrogens is 274 g/mol. The van der Waals surface area contributed by atoms with E-state index >= 15 is 0 Å². The summed E-state index contributed by atoms with van der Waals surface area (Å²) in [5, 5.41) is 3.50. The van der Waals surface area contributed by atoms with Gasteiger partial charge in [0.15, 0.2) is 0 Å². The van der Waals surface area contributed by atoms with E-state index in [1.165, 1.54) is 11.3 Å². The first kappa shape index (κ1) is 13.5. The first-order valence-electron chi connectivity index (χ1n) is 7.91. The SMILES string of the molecule is CN1CCN(c2cccc3c2[OH+]c2ccccc2NC3)CC1. The molecule has 2 aliphatic rings. The molecule has 2 N–H and O–H groups in total. The van der Waals surface area contributed by atoms with Crippen LogP contribution in [-0.2, 0) is 6.54 Å². The first-order chi connectivity index (χ1) is 10.8. The summed E-state index contributed by atoms with van der Waals surface area (Å²) in [6.07, 6.45) is 0. The van der Waals surface area contributed by atoms with Crippen LogP contribution in [0.1, 0.15) is 5.56 Å². The monoisotopic (exact) mass is 296 g/mol. The molecule has 1 fully saturated rings. The fourth-order valence-corrected chi connectivity index (χ4v) is 3.18. The summed E-state index contributed by atoms with van der Waals surface area (Å²) in [6.45, 7) is 5.18. The van der Waals surface area contributed by atoms with Crippen LogP contribution in [0.2, 0.25) is 0 Å². The van der Waals surface area contributed by atoms with E-state index in [2.05, 4.69) is 58.6 Å². The van der Waals surface area contributed by atoms with E-state index in [0.717, 1.165) is 49.9 Å². The van der Waals surface area contributed by atoms with Crippen molar-refractivity contribution in [2.24, 2.45) is 0 Å². The van der Waals surface area contributed by atoms with Gasteiger partial charge in [0.05, 0.1) is 5.56 Å². The Labute approximate surface area is 131 Å². The van der Waals surface area contributed by atoms with Crippen molar-refractivity contribution in [3.63, 3.8) is 0 Å². The Morgan fingerprint density at radius 3 is 2.64 bits per heavy atom. The topological polar surface area (TPSA) is 31.3 Å². The molecular formula is C18H22N3O+. The second kappa shape index (κ2) is 5.54. The molecule has 2 aromatic carbocycles. The predicted octanol–water partition coefficient (Wildman–Crippen LogP) is 3.02. The van der Waals surface area contributed by atoms with Crippen LogP contribution in [0.25, 0.3) is 0 Å². The van der Waals surface area contributed by atoms with Crippen molar-refractivity contribution in [2.45, 2.75) is 6.54 Å². The van der Waals surface area contributed by atoms with Gasteiger partial charge in [-0.25, -0.2) is 0 Å². The van der Waals surface area contributed by atoms with E-state index in [4.69, 9.17) is 4.74 Å². The molecule has 114 valence electrons. The summed E-state index contributed by atoms with van der Waals surface area (Å²) < 4.78 is 4.98. The highest BCUT2D eigenvalue weighted by Gasteiger charge is 2.26. The summed E-state index contributed by atoms with van der Waals surface area (Å²) in [5.74, 6) is 2.16. The van der Waals surface area contributed by atoms with Crippen LogP contribution in [-0.4, -0.2) is 42.9 Å². The highest BCUT2D eigenvalue weighted by atomic mass is 16.5. The number of piperazine rings is 1. The predicted molar refractivity (Wildman–Crippen MR) is 91.0 cm³/mol.